The Hall–Kier alpha value is -1.19. The van der Waals surface area contributed by atoms with E-state index in [1.54, 1.807) is 0 Å². The van der Waals surface area contributed by atoms with E-state index in [2.05, 4.69) is 15.7 Å². The number of hydrogen-bond acceptors (Lipinski definition) is 4. The van der Waals surface area contributed by atoms with Crippen LogP contribution in [0.25, 0.3) is 0 Å². The van der Waals surface area contributed by atoms with Crippen LogP contribution in [0.1, 0.15) is 0 Å². The summed E-state index contributed by atoms with van der Waals surface area (Å²) in [6.45, 7) is 0. The zero-order valence-electron chi connectivity index (χ0n) is 3.25. The maximum Gasteiger partial charge on any atom is 0.463 e. The highest BCUT2D eigenvalue weighted by molar-refractivity contribution is 5.73. The minimum absolute atomic E-state index is 0.939. The quantitative estimate of drug-likeness (QED) is 0.250. The smallest absolute Gasteiger partial charge is 0.355 e. The molecule has 0 bridgehead atoms. The van der Waals surface area contributed by atoms with E-state index in [-0.39, 0.29) is 0 Å². The summed E-state index contributed by atoms with van der Waals surface area (Å²) in [6, 6.07) is 0. The summed E-state index contributed by atoms with van der Waals surface area (Å²) in [5.41, 5.74) is 0. The van der Waals surface area contributed by atoms with Crippen LogP contribution in [-0.4, -0.2) is 12.2 Å². The lowest BCUT2D eigenvalue weighted by molar-refractivity contribution is 0.159. The first-order valence-corrected chi connectivity index (χ1v) is 1.30. The summed E-state index contributed by atoms with van der Waals surface area (Å²) in [6.07, 6.45) is -0.205. The van der Waals surface area contributed by atoms with Gasteiger partial charge in [0.15, 0.2) is 0 Å². The van der Waals surface area contributed by atoms with Crippen LogP contribution in [0.4, 0.5) is 4.79 Å². The number of hydrogen-bond donors (Lipinski definition) is 1. The molecule has 0 saturated heterocycles. The van der Waals surface area contributed by atoms with Crippen LogP contribution in [0, 0.1) is 0 Å². The second kappa shape index (κ2) is 3.02. The molecule has 0 aromatic carbocycles. The molecule has 5 nitrogen and oxygen atoms in total. The van der Waals surface area contributed by atoms with Gasteiger partial charge in [0.05, 0.1) is 0 Å². The molecule has 0 atom stereocenters. The van der Waals surface area contributed by atoms with Crippen LogP contribution in [0.2, 0.25) is 0 Å². The number of aliphatic imine (C=N–C) groups is 1. The number of nitrogens with two attached hydrogens (primary N) is 1. The molecular weight excluding hydrogens is 100 g/mol. The van der Waals surface area contributed by atoms with Gasteiger partial charge in [-0.05, 0) is 0 Å². The van der Waals surface area contributed by atoms with E-state index in [1.807, 2.05) is 0 Å². The number of rotatable bonds is 0. The normalized spacial score (nSPS) is 6.43. The molecule has 2 N–H and O–H groups in total. The molecular formula is C2H2N2O3. The highest BCUT2D eigenvalue weighted by Gasteiger charge is 1.89. The van der Waals surface area contributed by atoms with E-state index < -0.39 is 6.09 Å². The second-order valence-corrected chi connectivity index (χ2v) is 0.587. The summed E-state index contributed by atoms with van der Waals surface area (Å²) < 4.78 is 0. The van der Waals surface area contributed by atoms with Gasteiger partial charge in [-0.15, -0.1) is 0 Å². The fraction of sp³-hybridized carbons (Fsp3) is 0. The average Bonchev–Trinajstić information content (AvgIpc) is 1.68. The van der Waals surface area contributed by atoms with Crippen molar-refractivity contribution in [3.8, 4) is 0 Å². The Morgan fingerprint density at radius 1 is 1.86 bits per heavy atom. The molecule has 38 valence electrons. The Morgan fingerprint density at radius 2 is 2.43 bits per heavy atom. The number of isocyanates is 1. The molecule has 7 heavy (non-hydrogen) atoms. The van der Waals surface area contributed by atoms with Gasteiger partial charge in [0.1, 0.15) is 0 Å². The van der Waals surface area contributed by atoms with Crippen LogP contribution in [0.3, 0.4) is 0 Å². The minimum Gasteiger partial charge on any atom is -0.355 e. The molecule has 0 heterocycles. The number of carbonyl (C=O) groups excluding carboxylic acids is 2. The van der Waals surface area contributed by atoms with Crippen molar-refractivity contribution in [2.45, 2.75) is 0 Å². The molecule has 0 aliphatic heterocycles. The van der Waals surface area contributed by atoms with Gasteiger partial charge in [0.25, 0.3) is 0 Å². The standard InChI is InChI=1S/C2H2N2O3/c3-7-2(6)4-1-5/h3H2. The fourth-order valence-corrected chi connectivity index (χ4v) is 0.0636. The number of amides is 1. The summed E-state index contributed by atoms with van der Waals surface area (Å²) in [7, 11) is 0. The predicted molar refractivity (Wildman–Crippen MR) is 18.8 cm³/mol. The van der Waals surface area contributed by atoms with E-state index >= 15 is 0 Å². The lowest BCUT2D eigenvalue weighted by Gasteiger charge is -1.79. The maximum absolute atomic E-state index is 9.64. The molecule has 0 aliphatic rings. The first kappa shape index (κ1) is 5.81. The highest BCUT2D eigenvalue weighted by atomic mass is 16.7. The van der Waals surface area contributed by atoms with Crippen LogP contribution in [0.5, 0.6) is 0 Å². The third-order valence-electron chi connectivity index (χ3n) is 0.238. The lowest BCUT2D eigenvalue weighted by atomic mass is 11.2. The van der Waals surface area contributed by atoms with E-state index in [9.17, 15) is 4.79 Å². The SMILES string of the molecule is NOC(=O)N=C=O. The van der Waals surface area contributed by atoms with Crippen molar-refractivity contribution in [2.24, 2.45) is 10.9 Å². The van der Waals surface area contributed by atoms with Crippen molar-refractivity contribution >= 4 is 12.2 Å². The number of carbonyl (C=O) groups is 1. The zero-order chi connectivity index (χ0) is 5.70. The van der Waals surface area contributed by atoms with Crippen molar-refractivity contribution in [3.63, 3.8) is 0 Å². The molecule has 0 aromatic heterocycles. The van der Waals surface area contributed by atoms with Gasteiger partial charge in [-0.25, -0.2) is 9.59 Å². The van der Waals surface area contributed by atoms with Crippen molar-refractivity contribution < 1.29 is 14.4 Å². The molecule has 5 heteroatoms. The molecule has 0 fully saturated rings. The van der Waals surface area contributed by atoms with Crippen molar-refractivity contribution in [1.82, 2.24) is 0 Å². The summed E-state index contributed by atoms with van der Waals surface area (Å²) in [4.78, 5) is 24.6. The molecule has 0 rings (SSSR count). The molecule has 0 unspecified atom stereocenters. The minimum atomic E-state index is -1.14. The van der Waals surface area contributed by atoms with Gasteiger partial charge in [0.2, 0.25) is 6.08 Å². The van der Waals surface area contributed by atoms with Crippen LogP contribution >= 0.6 is 0 Å². The van der Waals surface area contributed by atoms with Gasteiger partial charge in [-0.3, -0.25) is 0 Å². The summed E-state index contributed by atoms with van der Waals surface area (Å²) in [5, 5.41) is 0. The largest absolute Gasteiger partial charge is 0.463 e. The van der Waals surface area contributed by atoms with Gasteiger partial charge >= 0.3 is 6.09 Å². The summed E-state index contributed by atoms with van der Waals surface area (Å²) in [5.74, 6) is 4.24. The van der Waals surface area contributed by atoms with Gasteiger partial charge in [0, 0.05) is 0 Å². The van der Waals surface area contributed by atoms with Gasteiger partial charge in [-0.2, -0.15) is 5.90 Å². The molecule has 0 spiro atoms. The maximum atomic E-state index is 9.64. The van der Waals surface area contributed by atoms with Gasteiger partial charge < -0.3 is 4.84 Å². The monoisotopic (exact) mass is 102 g/mol. The number of nitrogens with zero attached hydrogens (tertiary/aromatic N) is 1. The Bertz CT molecular complexity index is 114. The third kappa shape index (κ3) is 2.62. The average molecular weight is 102 g/mol. The van der Waals surface area contributed by atoms with E-state index in [1.165, 1.54) is 0 Å². The molecule has 0 aliphatic carbocycles. The predicted octanol–water partition coefficient (Wildman–Crippen LogP) is -0.667. The van der Waals surface area contributed by atoms with Crippen LogP contribution < -0.4 is 5.90 Å². The van der Waals surface area contributed by atoms with Crippen LogP contribution in [-0.2, 0) is 9.63 Å². The van der Waals surface area contributed by atoms with E-state index in [0.717, 1.165) is 6.08 Å². The van der Waals surface area contributed by atoms with Crippen molar-refractivity contribution in [1.29, 1.82) is 0 Å². The second-order valence-electron chi connectivity index (χ2n) is 0.587. The Kier molecular flexibility index (Phi) is 2.50. The zero-order valence-corrected chi connectivity index (χ0v) is 3.25. The molecule has 0 saturated carbocycles. The van der Waals surface area contributed by atoms with Gasteiger partial charge in [-0.1, -0.05) is 4.99 Å². The fourth-order valence-electron chi connectivity index (χ4n) is 0.0636. The molecule has 0 radical (unpaired) electrons. The lowest BCUT2D eigenvalue weighted by Crippen LogP contribution is -2.03. The first-order valence-electron chi connectivity index (χ1n) is 1.30. The molecule has 0 aromatic rings. The van der Waals surface area contributed by atoms with Crippen molar-refractivity contribution in [3.05, 3.63) is 0 Å². The molecule has 1 amide bonds. The Morgan fingerprint density at radius 3 is 2.57 bits per heavy atom. The van der Waals surface area contributed by atoms with E-state index in [0.29, 0.717) is 0 Å². The van der Waals surface area contributed by atoms with Crippen LogP contribution in [0.15, 0.2) is 4.99 Å². The first-order chi connectivity index (χ1) is 3.31. The Balaban J connectivity index is 3.58. The third-order valence-corrected chi connectivity index (χ3v) is 0.238. The highest BCUT2D eigenvalue weighted by Crippen LogP contribution is 1.69. The summed E-state index contributed by atoms with van der Waals surface area (Å²) >= 11 is 0. The Labute approximate surface area is 38.7 Å². The topological polar surface area (TPSA) is 81.8 Å². The van der Waals surface area contributed by atoms with E-state index in [4.69, 9.17) is 4.79 Å². The van der Waals surface area contributed by atoms with Crippen molar-refractivity contribution in [2.75, 3.05) is 0 Å².